The van der Waals surface area contributed by atoms with Crippen molar-refractivity contribution in [2.45, 2.75) is 6.04 Å². The Balaban J connectivity index is 2.22. The van der Waals surface area contributed by atoms with Crippen LogP contribution in [0.2, 0.25) is 0 Å². The normalized spacial score (nSPS) is 11.3. The molecule has 0 saturated carbocycles. The number of nitrogens with zero attached hydrogens (tertiary/aromatic N) is 2. The third-order valence-corrected chi connectivity index (χ3v) is 2.57. The van der Waals surface area contributed by atoms with Gasteiger partial charge in [0.2, 0.25) is 0 Å². The van der Waals surface area contributed by atoms with Gasteiger partial charge in [-0.3, -0.25) is 0 Å². The molecule has 5 nitrogen and oxygen atoms in total. The number of hydrogen-bond donors (Lipinski definition) is 2. The monoisotopic (exact) mass is 253 g/mol. The lowest BCUT2D eigenvalue weighted by Gasteiger charge is -2.15. The molecule has 5 heteroatoms. The third-order valence-electron chi connectivity index (χ3n) is 2.57. The first-order valence-electron chi connectivity index (χ1n) is 5.61. The molecule has 1 aromatic carbocycles. The molecule has 0 aliphatic carbocycles. The third kappa shape index (κ3) is 3.07. The van der Waals surface area contributed by atoms with E-state index in [9.17, 15) is 9.90 Å². The van der Waals surface area contributed by atoms with Crippen LogP contribution < -0.4 is 5.32 Å². The zero-order valence-electron chi connectivity index (χ0n) is 9.95. The molecule has 1 atom stereocenters. The lowest BCUT2D eigenvalue weighted by molar-refractivity contribution is -0.138. The van der Waals surface area contributed by atoms with Gasteiger partial charge < -0.3 is 10.4 Å². The van der Waals surface area contributed by atoms with Gasteiger partial charge >= 0.3 is 5.97 Å². The number of carboxylic acids is 1. The van der Waals surface area contributed by atoms with E-state index in [1.807, 2.05) is 12.1 Å². The van der Waals surface area contributed by atoms with Crippen LogP contribution >= 0.6 is 0 Å². The highest BCUT2D eigenvalue weighted by Gasteiger charge is 2.19. The minimum Gasteiger partial charge on any atom is -0.479 e. The van der Waals surface area contributed by atoms with E-state index in [4.69, 9.17) is 5.26 Å². The lowest BCUT2D eigenvalue weighted by atomic mass is 10.1. The number of nitriles is 1. The van der Waals surface area contributed by atoms with Crippen molar-refractivity contribution in [2.24, 2.45) is 0 Å². The summed E-state index contributed by atoms with van der Waals surface area (Å²) in [4.78, 5) is 15.2. The second-order valence-electron chi connectivity index (χ2n) is 3.87. The molecular weight excluding hydrogens is 242 g/mol. The summed E-state index contributed by atoms with van der Waals surface area (Å²) in [7, 11) is 0. The van der Waals surface area contributed by atoms with E-state index in [-0.39, 0.29) is 5.69 Å². The Morgan fingerprint density at radius 3 is 2.53 bits per heavy atom. The zero-order valence-corrected chi connectivity index (χ0v) is 9.95. The Bertz CT molecular complexity index is 603. The molecule has 1 heterocycles. The van der Waals surface area contributed by atoms with E-state index in [1.165, 1.54) is 12.3 Å². The summed E-state index contributed by atoms with van der Waals surface area (Å²) in [5, 5.41) is 20.8. The van der Waals surface area contributed by atoms with E-state index in [0.717, 1.165) is 0 Å². The average molecular weight is 253 g/mol. The highest BCUT2D eigenvalue weighted by Crippen LogP contribution is 2.19. The number of carbonyl (C=O) groups is 1. The van der Waals surface area contributed by atoms with E-state index < -0.39 is 12.0 Å². The van der Waals surface area contributed by atoms with E-state index in [2.05, 4.69) is 10.3 Å². The minimum atomic E-state index is -0.976. The van der Waals surface area contributed by atoms with Crippen LogP contribution in [-0.4, -0.2) is 16.1 Å². The summed E-state index contributed by atoms with van der Waals surface area (Å²) >= 11 is 0. The maximum Gasteiger partial charge on any atom is 0.330 e. The Labute approximate surface area is 110 Å². The fourth-order valence-corrected chi connectivity index (χ4v) is 1.65. The standard InChI is InChI=1S/C14H11N3O2/c15-8-11-6-7-12(9-16-11)17-13(14(18)19)10-4-2-1-3-5-10/h1-7,9,13,17H,(H,18,19). The van der Waals surface area contributed by atoms with Crippen LogP contribution in [0, 0.1) is 11.3 Å². The fraction of sp³-hybridized carbons (Fsp3) is 0.0714. The first-order chi connectivity index (χ1) is 9.20. The quantitative estimate of drug-likeness (QED) is 0.872. The molecule has 0 radical (unpaired) electrons. The minimum absolute atomic E-state index is 0.289. The van der Waals surface area contributed by atoms with Gasteiger partial charge in [-0.25, -0.2) is 9.78 Å². The number of aliphatic carboxylic acids is 1. The molecule has 2 N–H and O–H groups in total. The van der Waals surface area contributed by atoms with Gasteiger partial charge in [-0.05, 0) is 17.7 Å². The highest BCUT2D eigenvalue weighted by atomic mass is 16.4. The van der Waals surface area contributed by atoms with Crippen LogP contribution in [0.5, 0.6) is 0 Å². The number of hydrogen-bond acceptors (Lipinski definition) is 4. The molecule has 0 fully saturated rings. The molecule has 0 spiro atoms. The summed E-state index contributed by atoms with van der Waals surface area (Å²) in [6.07, 6.45) is 1.44. The van der Waals surface area contributed by atoms with Crippen LogP contribution in [0.1, 0.15) is 17.3 Å². The second-order valence-corrected chi connectivity index (χ2v) is 3.87. The van der Waals surface area contributed by atoms with Crippen molar-refractivity contribution in [3.05, 3.63) is 59.9 Å². The van der Waals surface area contributed by atoms with Crippen LogP contribution in [0.15, 0.2) is 48.7 Å². The number of benzene rings is 1. The molecule has 0 bridgehead atoms. The van der Waals surface area contributed by atoms with Gasteiger partial charge in [-0.15, -0.1) is 0 Å². The van der Waals surface area contributed by atoms with Crippen LogP contribution in [0.25, 0.3) is 0 Å². The maximum atomic E-state index is 11.3. The summed E-state index contributed by atoms with van der Waals surface area (Å²) in [6.45, 7) is 0. The van der Waals surface area contributed by atoms with Crippen LogP contribution in [0.4, 0.5) is 5.69 Å². The van der Waals surface area contributed by atoms with Crippen LogP contribution in [0.3, 0.4) is 0 Å². The predicted octanol–water partition coefficient (Wildman–Crippen LogP) is 2.19. The average Bonchev–Trinajstić information content (AvgIpc) is 2.46. The first kappa shape index (κ1) is 12.6. The molecule has 1 aromatic heterocycles. The second kappa shape index (κ2) is 5.65. The van der Waals surface area contributed by atoms with Crippen molar-refractivity contribution in [2.75, 3.05) is 5.32 Å². The number of nitrogens with one attached hydrogen (secondary N) is 1. The maximum absolute atomic E-state index is 11.3. The van der Waals surface area contributed by atoms with Crippen molar-refractivity contribution in [3.63, 3.8) is 0 Å². The van der Waals surface area contributed by atoms with Crippen molar-refractivity contribution >= 4 is 11.7 Å². The van der Waals surface area contributed by atoms with Crippen LogP contribution in [-0.2, 0) is 4.79 Å². The summed E-state index contributed by atoms with van der Waals surface area (Å²) < 4.78 is 0. The SMILES string of the molecule is N#Cc1ccc(NC(C(=O)O)c2ccccc2)cn1. The van der Waals surface area contributed by atoms with Crippen molar-refractivity contribution < 1.29 is 9.90 Å². The van der Waals surface area contributed by atoms with Gasteiger partial charge in [0.15, 0.2) is 6.04 Å². The molecule has 0 saturated heterocycles. The molecule has 19 heavy (non-hydrogen) atoms. The Morgan fingerprint density at radius 2 is 2.00 bits per heavy atom. The van der Waals surface area contributed by atoms with Crippen molar-refractivity contribution in [1.29, 1.82) is 5.26 Å². The number of carboxylic acid groups (broad SMARTS) is 1. The number of anilines is 1. The smallest absolute Gasteiger partial charge is 0.330 e. The molecule has 94 valence electrons. The topological polar surface area (TPSA) is 86.0 Å². The van der Waals surface area contributed by atoms with Crippen molar-refractivity contribution in [1.82, 2.24) is 4.98 Å². The molecule has 0 aliphatic rings. The summed E-state index contributed by atoms with van der Waals surface area (Å²) in [5.41, 5.74) is 1.49. The summed E-state index contributed by atoms with van der Waals surface area (Å²) in [6, 6.07) is 13.1. The van der Waals surface area contributed by atoms with Gasteiger partial charge in [0, 0.05) is 0 Å². The van der Waals surface area contributed by atoms with Gasteiger partial charge in [0.25, 0.3) is 0 Å². The van der Waals surface area contributed by atoms with Crippen molar-refractivity contribution in [3.8, 4) is 6.07 Å². The van der Waals surface area contributed by atoms with E-state index in [0.29, 0.717) is 11.3 Å². The fourth-order valence-electron chi connectivity index (χ4n) is 1.65. The molecule has 2 aromatic rings. The number of pyridine rings is 1. The zero-order chi connectivity index (χ0) is 13.7. The lowest BCUT2D eigenvalue weighted by Crippen LogP contribution is -2.20. The predicted molar refractivity (Wildman–Crippen MR) is 69.4 cm³/mol. The molecular formula is C14H11N3O2. The molecule has 0 amide bonds. The first-order valence-corrected chi connectivity index (χ1v) is 5.61. The summed E-state index contributed by atoms with van der Waals surface area (Å²) in [5.74, 6) is -0.976. The van der Waals surface area contributed by atoms with E-state index in [1.54, 1.807) is 30.3 Å². The molecule has 2 rings (SSSR count). The highest BCUT2D eigenvalue weighted by molar-refractivity contribution is 5.79. The van der Waals surface area contributed by atoms with Gasteiger partial charge in [-0.2, -0.15) is 5.26 Å². The Kier molecular flexibility index (Phi) is 3.74. The number of rotatable bonds is 4. The number of aromatic nitrogens is 1. The Hall–Kier alpha value is -2.87. The van der Waals surface area contributed by atoms with E-state index >= 15 is 0 Å². The molecule has 0 aliphatic heterocycles. The van der Waals surface area contributed by atoms with Gasteiger partial charge in [-0.1, -0.05) is 30.3 Å². The molecule has 1 unspecified atom stereocenters. The Morgan fingerprint density at radius 1 is 1.26 bits per heavy atom. The van der Waals surface area contributed by atoms with Gasteiger partial charge in [0.1, 0.15) is 11.8 Å². The van der Waals surface area contributed by atoms with Gasteiger partial charge in [0.05, 0.1) is 11.9 Å². The largest absolute Gasteiger partial charge is 0.479 e.